The van der Waals surface area contributed by atoms with Crippen LogP contribution in [0.4, 0.5) is 0 Å². The molecule has 1 N–H and O–H groups in total. The number of ether oxygens (including phenoxy) is 1. The van der Waals surface area contributed by atoms with E-state index in [1.807, 2.05) is 6.92 Å². The molecular weight excluding hydrogens is 228 g/mol. The summed E-state index contributed by atoms with van der Waals surface area (Å²) in [6, 6.07) is 0. The summed E-state index contributed by atoms with van der Waals surface area (Å²) in [7, 11) is 0. The number of carbonyl (C=O) groups is 1. The molecule has 2 saturated carbocycles. The summed E-state index contributed by atoms with van der Waals surface area (Å²) in [5.74, 6) is -0.0958. The second-order valence-corrected chi connectivity index (χ2v) is 6.05. The fourth-order valence-electron chi connectivity index (χ4n) is 3.92. The average molecular weight is 252 g/mol. The van der Waals surface area contributed by atoms with Crippen LogP contribution in [0.5, 0.6) is 0 Å². The van der Waals surface area contributed by atoms with Gasteiger partial charge in [-0.3, -0.25) is 4.79 Å². The molecule has 0 bridgehead atoms. The quantitative estimate of drug-likeness (QED) is 0.620. The summed E-state index contributed by atoms with van der Waals surface area (Å²) in [6.45, 7) is 8.45. The standard InChI is InChI=1S/C15H24O3/c1-4-18-13(16)9-12-11(2)10-15(17)8-6-5-7-14(12,15)3/h12,17H,2,4-10H2,1,3H3/t12-,14+,15+/m0/s1. The van der Waals surface area contributed by atoms with Gasteiger partial charge in [-0.15, -0.1) is 0 Å². The summed E-state index contributed by atoms with van der Waals surface area (Å²) in [5, 5.41) is 10.8. The van der Waals surface area contributed by atoms with Crippen molar-refractivity contribution in [3.63, 3.8) is 0 Å². The Kier molecular flexibility index (Phi) is 3.54. The number of aliphatic hydroxyl groups is 1. The minimum Gasteiger partial charge on any atom is -0.466 e. The molecule has 2 aliphatic carbocycles. The molecule has 0 aromatic carbocycles. The highest BCUT2D eigenvalue weighted by Gasteiger charge is 2.58. The van der Waals surface area contributed by atoms with E-state index in [0.29, 0.717) is 19.4 Å². The van der Waals surface area contributed by atoms with Gasteiger partial charge in [-0.1, -0.05) is 31.9 Å². The van der Waals surface area contributed by atoms with Gasteiger partial charge in [-0.05, 0) is 32.1 Å². The van der Waals surface area contributed by atoms with Gasteiger partial charge < -0.3 is 9.84 Å². The van der Waals surface area contributed by atoms with Crippen LogP contribution in [0.15, 0.2) is 12.2 Å². The summed E-state index contributed by atoms with van der Waals surface area (Å²) >= 11 is 0. The molecule has 0 aromatic rings. The van der Waals surface area contributed by atoms with Crippen molar-refractivity contribution in [3.8, 4) is 0 Å². The Bertz CT molecular complexity index is 363. The first-order valence-corrected chi connectivity index (χ1v) is 6.98. The normalized spacial score (nSPS) is 39.5. The van der Waals surface area contributed by atoms with Gasteiger partial charge in [-0.25, -0.2) is 0 Å². The highest BCUT2D eigenvalue weighted by atomic mass is 16.5. The van der Waals surface area contributed by atoms with E-state index in [0.717, 1.165) is 31.3 Å². The number of fused-ring (bicyclic) bond motifs is 1. The summed E-state index contributed by atoms with van der Waals surface area (Å²) in [5.41, 5.74) is 0.171. The lowest BCUT2D eigenvalue weighted by molar-refractivity contribution is -0.147. The Morgan fingerprint density at radius 1 is 1.50 bits per heavy atom. The van der Waals surface area contributed by atoms with Crippen molar-refractivity contribution < 1.29 is 14.6 Å². The first-order valence-electron chi connectivity index (χ1n) is 6.98. The molecule has 3 heteroatoms. The van der Waals surface area contributed by atoms with E-state index in [1.54, 1.807) is 0 Å². The van der Waals surface area contributed by atoms with Gasteiger partial charge in [0.15, 0.2) is 0 Å². The molecule has 2 aliphatic rings. The Balaban J connectivity index is 2.19. The monoisotopic (exact) mass is 252 g/mol. The molecule has 0 aromatic heterocycles. The van der Waals surface area contributed by atoms with E-state index in [4.69, 9.17) is 4.74 Å². The highest BCUT2D eigenvalue weighted by molar-refractivity contribution is 5.70. The topological polar surface area (TPSA) is 46.5 Å². The number of hydrogen-bond donors (Lipinski definition) is 1. The van der Waals surface area contributed by atoms with Crippen LogP contribution in [0.3, 0.4) is 0 Å². The van der Waals surface area contributed by atoms with Gasteiger partial charge >= 0.3 is 5.97 Å². The first kappa shape index (κ1) is 13.6. The van der Waals surface area contributed by atoms with Crippen LogP contribution >= 0.6 is 0 Å². The second-order valence-electron chi connectivity index (χ2n) is 6.05. The number of carbonyl (C=O) groups excluding carboxylic acids is 1. The molecule has 0 unspecified atom stereocenters. The molecule has 18 heavy (non-hydrogen) atoms. The molecule has 2 rings (SSSR count). The molecule has 0 saturated heterocycles. The highest BCUT2D eigenvalue weighted by Crippen LogP contribution is 2.60. The van der Waals surface area contributed by atoms with Gasteiger partial charge in [0, 0.05) is 5.41 Å². The van der Waals surface area contributed by atoms with E-state index in [1.165, 1.54) is 0 Å². The molecule has 3 nitrogen and oxygen atoms in total. The van der Waals surface area contributed by atoms with E-state index < -0.39 is 5.60 Å². The predicted octanol–water partition coefficient (Wildman–Crippen LogP) is 2.83. The maximum Gasteiger partial charge on any atom is 0.306 e. The van der Waals surface area contributed by atoms with E-state index in [2.05, 4.69) is 13.5 Å². The van der Waals surface area contributed by atoms with Gasteiger partial charge in [-0.2, -0.15) is 0 Å². The molecule has 0 amide bonds. The van der Waals surface area contributed by atoms with Crippen LogP contribution in [0.2, 0.25) is 0 Å². The lowest BCUT2D eigenvalue weighted by Gasteiger charge is -2.46. The van der Waals surface area contributed by atoms with Crippen LogP contribution in [-0.4, -0.2) is 23.3 Å². The van der Waals surface area contributed by atoms with Crippen molar-refractivity contribution in [1.82, 2.24) is 0 Å². The average Bonchev–Trinajstić information content (AvgIpc) is 2.49. The Morgan fingerprint density at radius 3 is 2.83 bits per heavy atom. The zero-order valence-corrected chi connectivity index (χ0v) is 11.5. The second kappa shape index (κ2) is 4.69. The van der Waals surface area contributed by atoms with Gasteiger partial charge in [0.25, 0.3) is 0 Å². The molecule has 2 fully saturated rings. The maximum atomic E-state index is 11.7. The molecule has 0 heterocycles. The van der Waals surface area contributed by atoms with Crippen molar-refractivity contribution in [2.24, 2.45) is 11.3 Å². The van der Waals surface area contributed by atoms with Crippen molar-refractivity contribution in [2.75, 3.05) is 6.61 Å². The van der Waals surface area contributed by atoms with Gasteiger partial charge in [0.1, 0.15) is 0 Å². The van der Waals surface area contributed by atoms with Crippen molar-refractivity contribution in [1.29, 1.82) is 0 Å². The minimum atomic E-state index is -0.653. The molecule has 0 spiro atoms. The zero-order chi connectivity index (χ0) is 13.4. The number of rotatable bonds is 3. The Hall–Kier alpha value is -0.830. The van der Waals surface area contributed by atoms with Crippen molar-refractivity contribution >= 4 is 5.97 Å². The fraction of sp³-hybridized carbons (Fsp3) is 0.800. The smallest absolute Gasteiger partial charge is 0.306 e. The first-order chi connectivity index (χ1) is 8.43. The SMILES string of the molecule is C=C1C[C@]2(O)CCCC[C@]2(C)[C@H]1CC(=O)OCC. The third kappa shape index (κ3) is 1.99. The number of hydrogen-bond acceptors (Lipinski definition) is 3. The third-order valence-corrected chi connectivity index (χ3v) is 5.06. The minimum absolute atomic E-state index is 0.0712. The summed E-state index contributed by atoms with van der Waals surface area (Å²) in [6.07, 6.45) is 5.03. The van der Waals surface area contributed by atoms with E-state index in [9.17, 15) is 9.90 Å². The van der Waals surface area contributed by atoms with Crippen LogP contribution < -0.4 is 0 Å². The third-order valence-electron chi connectivity index (χ3n) is 5.06. The zero-order valence-electron chi connectivity index (χ0n) is 11.5. The molecule has 0 radical (unpaired) electrons. The molecular formula is C15H24O3. The lowest BCUT2D eigenvalue weighted by atomic mass is 9.62. The van der Waals surface area contributed by atoms with Gasteiger partial charge in [0.05, 0.1) is 18.6 Å². The molecule has 3 atom stereocenters. The Morgan fingerprint density at radius 2 is 2.17 bits per heavy atom. The van der Waals surface area contributed by atoms with Gasteiger partial charge in [0.2, 0.25) is 0 Å². The van der Waals surface area contributed by atoms with Crippen molar-refractivity contribution in [3.05, 3.63) is 12.2 Å². The number of esters is 1. The van der Waals surface area contributed by atoms with Crippen LogP contribution in [0.25, 0.3) is 0 Å². The summed E-state index contributed by atoms with van der Waals surface area (Å²) < 4.78 is 5.05. The molecule has 102 valence electrons. The predicted molar refractivity (Wildman–Crippen MR) is 70.0 cm³/mol. The molecule has 0 aliphatic heterocycles. The Labute approximate surface area is 109 Å². The van der Waals surface area contributed by atoms with Crippen LogP contribution in [-0.2, 0) is 9.53 Å². The van der Waals surface area contributed by atoms with E-state index >= 15 is 0 Å². The maximum absolute atomic E-state index is 11.7. The van der Waals surface area contributed by atoms with Crippen molar-refractivity contribution in [2.45, 2.75) is 58.0 Å². The van der Waals surface area contributed by atoms with Crippen LogP contribution in [0, 0.1) is 11.3 Å². The lowest BCUT2D eigenvalue weighted by Crippen LogP contribution is -2.47. The fourth-order valence-corrected chi connectivity index (χ4v) is 3.92. The largest absolute Gasteiger partial charge is 0.466 e. The van der Waals surface area contributed by atoms with Crippen LogP contribution in [0.1, 0.15) is 52.4 Å². The van der Waals surface area contributed by atoms with E-state index in [-0.39, 0.29) is 17.3 Å². The summed E-state index contributed by atoms with van der Waals surface area (Å²) in [4.78, 5) is 11.7.